The van der Waals surface area contributed by atoms with E-state index < -0.39 is 0 Å². The van der Waals surface area contributed by atoms with Crippen LogP contribution < -0.4 is 10.6 Å². The van der Waals surface area contributed by atoms with Gasteiger partial charge >= 0.3 is 0 Å². The lowest BCUT2D eigenvalue weighted by Crippen LogP contribution is -2.40. The molecule has 0 radical (unpaired) electrons. The van der Waals surface area contributed by atoms with E-state index in [9.17, 15) is 4.39 Å². The van der Waals surface area contributed by atoms with E-state index in [2.05, 4.69) is 45.6 Å². The van der Waals surface area contributed by atoms with E-state index in [1.54, 1.807) is 19.2 Å². The summed E-state index contributed by atoms with van der Waals surface area (Å²) < 4.78 is 15.5. The summed E-state index contributed by atoms with van der Waals surface area (Å²) >= 11 is 0. The van der Waals surface area contributed by atoms with Crippen molar-refractivity contribution in [2.75, 3.05) is 20.1 Å². The van der Waals surface area contributed by atoms with Gasteiger partial charge in [-0.3, -0.25) is 9.67 Å². The summed E-state index contributed by atoms with van der Waals surface area (Å²) in [5.41, 5.74) is 4.28. The second-order valence-electron chi connectivity index (χ2n) is 7.35. The van der Waals surface area contributed by atoms with Gasteiger partial charge in [0.05, 0.1) is 5.69 Å². The summed E-state index contributed by atoms with van der Waals surface area (Å²) in [6.07, 6.45) is 2.73. The van der Waals surface area contributed by atoms with Crippen LogP contribution in [0, 0.1) is 25.6 Å². The number of fused-ring (bicyclic) bond motifs is 1. The van der Waals surface area contributed by atoms with Crippen molar-refractivity contribution in [3.8, 4) is 0 Å². The molecular weight excluding hydrogens is 482 g/mol. The van der Waals surface area contributed by atoms with Gasteiger partial charge < -0.3 is 15.6 Å². The second kappa shape index (κ2) is 10.6. The number of aromatic nitrogens is 3. The molecule has 158 valence electrons. The first kappa shape index (κ1) is 23.2. The zero-order chi connectivity index (χ0) is 20.1. The van der Waals surface area contributed by atoms with Crippen LogP contribution in [0.15, 0.2) is 35.5 Å². The highest BCUT2D eigenvalue weighted by atomic mass is 127. The number of guanidine groups is 1. The summed E-state index contributed by atoms with van der Waals surface area (Å²) in [6, 6.07) is 6.91. The molecule has 3 rings (SSSR count). The van der Waals surface area contributed by atoms with Crippen LogP contribution >= 0.6 is 24.0 Å². The number of rotatable bonds is 7. The molecule has 0 aliphatic heterocycles. The normalized spacial score (nSPS) is 12.7. The first-order valence-electron chi connectivity index (χ1n) is 9.67. The van der Waals surface area contributed by atoms with Crippen molar-refractivity contribution in [1.29, 1.82) is 0 Å². The van der Waals surface area contributed by atoms with Gasteiger partial charge in [-0.25, -0.2) is 4.39 Å². The van der Waals surface area contributed by atoms with Gasteiger partial charge in [0.2, 0.25) is 0 Å². The molecule has 3 N–H and O–H groups in total. The number of nitrogens with zero attached hydrogens (tertiary/aromatic N) is 3. The third kappa shape index (κ3) is 6.19. The fourth-order valence-corrected chi connectivity index (χ4v) is 3.38. The Labute approximate surface area is 188 Å². The summed E-state index contributed by atoms with van der Waals surface area (Å²) in [7, 11) is 1.77. The van der Waals surface area contributed by atoms with Crippen LogP contribution in [0.3, 0.4) is 0 Å². The van der Waals surface area contributed by atoms with Crippen molar-refractivity contribution < 1.29 is 4.39 Å². The molecular formula is C21H30FIN6. The molecule has 0 aliphatic carbocycles. The number of benzene rings is 1. The Bertz CT molecular complexity index is 961. The van der Waals surface area contributed by atoms with Gasteiger partial charge in [0.15, 0.2) is 5.96 Å². The zero-order valence-corrected chi connectivity index (χ0v) is 19.8. The van der Waals surface area contributed by atoms with Gasteiger partial charge in [0.25, 0.3) is 0 Å². The van der Waals surface area contributed by atoms with Crippen molar-refractivity contribution in [2.24, 2.45) is 10.9 Å². The average Bonchev–Trinajstić information content (AvgIpc) is 3.20. The SMILES string of the molecule is CN=C(NCCc1c[nH]c2ccc(F)cc12)NCC(C)Cn1nc(C)cc1C.I. The van der Waals surface area contributed by atoms with E-state index >= 15 is 0 Å². The maximum atomic E-state index is 13.5. The molecule has 0 spiro atoms. The zero-order valence-electron chi connectivity index (χ0n) is 17.4. The predicted octanol–water partition coefficient (Wildman–Crippen LogP) is 3.78. The molecule has 8 heteroatoms. The maximum Gasteiger partial charge on any atom is 0.190 e. The fraction of sp³-hybridized carbons (Fsp3) is 0.429. The lowest BCUT2D eigenvalue weighted by molar-refractivity contribution is 0.436. The third-order valence-corrected chi connectivity index (χ3v) is 4.85. The van der Waals surface area contributed by atoms with E-state index in [1.807, 2.05) is 17.8 Å². The molecule has 1 aromatic carbocycles. The molecule has 1 unspecified atom stereocenters. The first-order valence-corrected chi connectivity index (χ1v) is 9.67. The molecule has 3 aromatic rings. The van der Waals surface area contributed by atoms with Crippen LogP contribution in [-0.4, -0.2) is 40.9 Å². The summed E-state index contributed by atoms with van der Waals surface area (Å²) in [5.74, 6) is 0.967. The molecule has 2 heterocycles. The number of aryl methyl sites for hydroxylation is 2. The minimum Gasteiger partial charge on any atom is -0.361 e. The number of hydrogen-bond acceptors (Lipinski definition) is 2. The van der Waals surface area contributed by atoms with Gasteiger partial charge in [-0.1, -0.05) is 6.92 Å². The number of halogens is 2. The minimum atomic E-state index is -0.213. The Morgan fingerprint density at radius 1 is 1.28 bits per heavy atom. The number of aliphatic imine (C=N–C) groups is 1. The average molecular weight is 512 g/mol. The molecule has 0 saturated carbocycles. The molecule has 0 aliphatic rings. The second-order valence-corrected chi connectivity index (χ2v) is 7.35. The lowest BCUT2D eigenvalue weighted by Gasteiger charge is -2.17. The van der Waals surface area contributed by atoms with E-state index in [1.165, 1.54) is 11.8 Å². The van der Waals surface area contributed by atoms with Gasteiger partial charge in [-0.2, -0.15) is 5.10 Å². The Morgan fingerprint density at radius 3 is 2.76 bits per heavy atom. The van der Waals surface area contributed by atoms with E-state index in [0.29, 0.717) is 5.92 Å². The fourth-order valence-electron chi connectivity index (χ4n) is 3.38. The van der Waals surface area contributed by atoms with Crippen molar-refractivity contribution in [3.05, 3.63) is 53.2 Å². The first-order chi connectivity index (χ1) is 13.5. The highest BCUT2D eigenvalue weighted by Crippen LogP contribution is 2.19. The molecule has 1 atom stereocenters. The highest BCUT2D eigenvalue weighted by Gasteiger charge is 2.09. The summed E-state index contributed by atoms with van der Waals surface area (Å²) in [4.78, 5) is 7.48. The number of hydrogen-bond donors (Lipinski definition) is 3. The quantitative estimate of drug-likeness (QED) is 0.257. The molecule has 6 nitrogen and oxygen atoms in total. The van der Waals surface area contributed by atoms with Gasteiger partial charge in [0.1, 0.15) is 5.82 Å². The van der Waals surface area contributed by atoms with Crippen molar-refractivity contribution in [3.63, 3.8) is 0 Å². The Hall–Kier alpha value is -2.10. The molecule has 2 aromatic heterocycles. The van der Waals surface area contributed by atoms with Crippen molar-refractivity contribution in [1.82, 2.24) is 25.4 Å². The van der Waals surface area contributed by atoms with Crippen LogP contribution in [0.2, 0.25) is 0 Å². The van der Waals surface area contributed by atoms with Crippen LogP contribution in [-0.2, 0) is 13.0 Å². The number of aromatic amines is 1. The highest BCUT2D eigenvalue weighted by molar-refractivity contribution is 14.0. The molecule has 0 bridgehead atoms. The summed E-state index contributed by atoms with van der Waals surface area (Å²) in [5, 5.41) is 12.2. The van der Waals surface area contributed by atoms with Crippen LogP contribution in [0.1, 0.15) is 23.9 Å². The van der Waals surface area contributed by atoms with Gasteiger partial charge in [0, 0.05) is 49.5 Å². The van der Waals surface area contributed by atoms with Crippen LogP contribution in [0.25, 0.3) is 10.9 Å². The third-order valence-electron chi connectivity index (χ3n) is 4.85. The Kier molecular flexibility index (Phi) is 8.48. The van der Waals surface area contributed by atoms with E-state index in [4.69, 9.17) is 0 Å². The standard InChI is InChI=1S/C21H29FN6.HI/c1-14(13-28-16(3)9-15(2)27-28)11-26-21(23-4)24-8-7-17-12-25-20-6-5-18(22)10-19(17)20;/h5-6,9-10,12,14,25H,7-8,11,13H2,1-4H3,(H2,23,24,26);1H. The molecule has 0 saturated heterocycles. The van der Waals surface area contributed by atoms with Crippen molar-refractivity contribution >= 4 is 40.8 Å². The van der Waals surface area contributed by atoms with E-state index in [0.717, 1.165) is 54.2 Å². The molecule has 29 heavy (non-hydrogen) atoms. The molecule has 0 fully saturated rings. The lowest BCUT2D eigenvalue weighted by atomic mass is 10.1. The number of H-pyrrole nitrogens is 1. The van der Waals surface area contributed by atoms with E-state index in [-0.39, 0.29) is 29.8 Å². The van der Waals surface area contributed by atoms with Crippen molar-refractivity contribution in [2.45, 2.75) is 33.7 Å². The van der Waals surface area contributed by atoms with Gasteiger partial charge in [-0.15, -0.1) is 24.0 Å². The minimum absolute atomic E-state index is 0. The predicted molar refractivity (Wildman–Crippen MR) is 128 cm³/mol. The summed E-state index contributed by atoms with van der Waals surface area (Å²) in [6.45, 7) is 8.67. The van der Waals surface area contributed by atoms with Crippen LogP contribution in [0.5, 0.6) is 0 Å². The largest absolute Gasteiger partial charge is 0.361 e. The smallest absolute Gasteiger partial charge is 0.190 e. The molecule has 0 amide bonds. The number of nitrogens with one attached hydrogen (secondary N) is 3. The Balaban J connectivity index is 0.00000300. The van der Waals surface area contributed by atoms with Crippen LogP contribution in [0.4, 0.5) is 4.39 Å². The topological polar surface area (TPSA) is 70.0 Å². The Morgan fingerprint density at radius 2 is 2.07 bits per heavy atom. The monoisotopic (exact) mass is 512 g/mol. The van der Waals surface area contributed by atoms with Gasteiger partial charge in [-0.05, 0) is 56.0 Å². The maximum absolute atomic E-state index is 13.5.